The molecule has 0 aliphatic carbocycles. The number of halogens is 1. The molecule has 1 aromatic rings. The molecule has 0 spiro atoms. The van der Waals surface area contributed by atoms with Crippen molar-refractivity contribution in [3.05, 3.63) is 35.6 Å². The number of nitrogens with one attached hydrogen (secondary N) is 1. The van der Waals surface area contributed by atoms with Gasteiger partial charge in [-0.2, -0.15) is 11.8 Å². The summed E-state index contributed by atoms with van der Waals surface area (Å²) in [5, 5.41) is 3.36. The maximum Gasteiger partial charge on any atom is 0.123 e. The Hall–Kier alpha value is -0.540. The molecule has 3 heteroatoms. The topological polar surface area (TPSA) is 12.0 Å². The molecule has 1 atom stereocenters. The van der Waals surface area contributed by atoms with E-state index >= 15 is 0 Å². The largest absolute Gasteiger partial charge is 0.316 e. The van der Waals surface area contributed by atoms with Crippen LogP contribution in [0.4, 0.5) is 4.39 Å². The summed E-state index contributed by atoms with van der Waals surface area (Å²) in [5.41, 5.74) is 1.12. The highest BCUT2D eigenvalue weighted by Gasteiger charge is 2.11. The number of hydrogen-bond acceptors (Lipinski definition) is 2. The van der Waals surface area contributed by atoms with E-state index in [1.54, 1.807) is 12.1 Å². The van der Waals surface area contributed by atoms with Gasteiger partial charge in [-0.05, 0) is 55.0 Å². The van der Waals surface area contributed by atoms with Crippen LogP contribution in [0.5, 0.6) is 0 Å². The molecule has 0 aliphatic rings. The molecule has 0 radical (unpaired) electrons. The van der Waals surface area contributed by atoms with E-state index in [1.165, 1.54) is 18.2 Å². The van der Waals surface area contributed by atoms with Gasteiger partial charge in [0.25, 0.3) is 0 Å². The van der Waals surface area contributed by atoms with Crippen molar-refractivity contribution in [3.63, 3.8) is 0 Å². The van der Waals surface area contributed by atoms with Crippen molar-refractivity contribution >= 4 is 11.8 Å². The summed E-state index contributed by atoms with van der Waals surface area (Å²) >= 11 is 1.87. The Morgan fingerprint density at radius 3 is 2.88 bits per heavy atom. The Morgan fingerprint density at radius 2 is 2.24 bits per heavy atom. The SMILES string of the molecule is CCNCC(CCCSC)c1cccc(F)c1. The molecule has 0 saturated carbocycles. The molecular formula is C14H22FNS. The third kappa shape index (κ3) is 5.55. The van der Waals surface area contributed by atoms with E-state index in [1.807, 2.05) is 17.8 Å². The first kappa shape index (κ1) is 14.5. The van der Waals surface area contributed by atoms with E-state index in [-0.39, 0.29) is 5.82 Å². The van der Waals surface area contributed by atoms with Crippen molar-refractivity contribution in [2.24, 2.45) is 0 Å². The number of thioether (sulfide) groups is 1. The lowest BCUT2D eigenvalue weighted by Crippen LogP contribution is -2.21. The monoisotopic (exact) mass is 255 g/mol. The summed E-state index contributed by atoms with van der Waals surface area (Å²) in [6.45, 7) is 4.01. The molecule has 96 valence electrons. The zero-order chi connectivity index (χ0) is 12.5. The molecule has 1 N–H and O–H groups in total. The van der Waals surface area contributed by atoms with Crippen LogP contribution in [-0.4, -0.2) is 25.1 Å². The predicted molar refractivity (Wildman–Crippen MR) is 75.3 cm³/mol. The number of rotatable bonds is 8. The molecule has 17 heavy (non-hydrogen) atoms. The first-order chi connectivity index (χ1) is 8.27. The van der Waals surface area contributed by atoms with Crippen molar-refractivity contribution in [1.29, 1.82) is 0 Å². The summed E-state index contributed by atoms with van der Waals surface area (Å²) < 4.78 is 13.2. The first-order valence-corrected chi connectivity index (χ1v) is 7.62. The highest BCUT2D eigenvalue weighted by atomic mass is 32.2. The Bertz CT molecular complexity index is 317. The van der Waals surface area contributed by atoms with Gasteiger partial charge in [-0.1, -0.05) is 19.1 Å². The van der Waals surface area contributed by atoms with Gasteiger partial charge in [0.15, 0.2) is 0 Å². The molecule has 0 saturated heterocycles. The van der Waals surface area contributed by atoms with Crippen LogP contribution in [0.15, 0.2) is 24.3 Å². The number of benzene rings is 1. The average Bonchev–Trinajstić information content (AvgIpc) is 2.33. The summed E-state index contributed by atoms with van der Waals surface area (Å²) in [7, 11) is 0. The van der Waals surface area contributed by atoms with Gasteiger partial charge in [-0.25, -0.2) is 4.39 Å². The van der Waals surface area contributed by atoms with Gasteiger partial charge in [0.1, 0.15) is 5.82 Å². The van der Waals surface area contributed by atoms with Crippen LogP contribution in [0.2, 0.25) is 0 Å². The number of likely N-dealkylation sites (N-methyl/N-ethyl adjacent to an activating group) is 1. The van der Waals surface area contributed by atoms with E-state index in [4.69, 9.17) is 0 Å². The maximum atomic E-state index is 13.2. The summed E-state index contributed by atoms with van der Waals surface area (Å²) in [6, 6.07) is 7.01. The highest BCUT2D eigenvalue weighted by Crippen LogP contribution is 2.22. The Morgan fingerprint density at radius 1 is 1.41 bits per heavy atom. The smallest absolute Gasteiger partial charge is 0.123 e. The average molecular weight is 255 g/mol. The summed E-state index contributed by atoms with van der Waals surface area (Å²) in [6.07, 6.45) is 4.44. The van der Waals surface area contributed by atoms with Crippen LogP contribution in [0, 0.1) is 5.82 Å². The van der Waals surface area contributed by atoms with E-state index in [0.29, 0.717) is 5.92 Å². The van der Waals surface area contributed by atoms with Crippen molar-refractivity contribution in [2.45, 2.75) is 25.7 Å². The fourth-order valence-electron chi connectivity index (χ4n) is 1.94. The molecule has 1 rings (SSSR count). The molecule has 1 aromatic carbocycles. The standard InChI is InChI=1S/C14H22FNS/c1-3-16-11-13(7-5-9-17-2)12-6-4-8-14(15)10-12/h4,6,8,10,13,16H,3,5,7,9,11H2,1-2H3. The second-order valence-corrected chi connectivity index (χ2v) is 5.18. The fraction of sp³-hybridized carbons (Fsp3) is 0.571. The fourth-order valence-corrected chi connectivity index (χ4v) is 2.40. The Labute approximate surface area is 108 Å². The van der Waals surface area contributed by atoms with Crippen molar-refractivity contribution in [3.8, 4) is 0 Å². The van der Waals surface area contributed by atoms with E-state index in [2.05, 4.69) is 18.5 Å². The molecule has 0 fully saturated rings. The van der Waals surface area contributed by atoms with Gasteiger partial charge in [0.05, 0.1) is 0 Å². The highest BCUT2D eigenvalue weighted by molar-refractivity contribution is 7.98. The van der Waals surface area contributed by atoms with Crippen LogP contribution in [0.3, 0.4) is 0 Å². The molecular weight excluding hydrogens is 233 g/mol. The molecule has 0 aliphatic heterocycles. The second kappa shape index (κ2) is 8.54. The molecule has 1 unspecified atom stereocenters. The third-order valence-corrected chi connectivity index (χ3v) is 3.56. The van der Waals surface area contributed by atoms with E-state index in [9.17, 15) is 4.39 Å². The third-order valence-electron chi connectivity index (χ3n) is 2.86. The van der Waals surface area contributed by atoms with Gasteiger partial charge in [0, 0.05) is 6.54 Å². The molecule has 0 amide bonds. The minimum Gasteiger partial charge on any atom is -0.316 e. The minimum atomic E-state index is -0.131. The normalized spacial score (nSPS) is 12.6. The maximum absolute atomic E-state index is 13.2. The van der Waals surface area contributed by atoms with Gasteiger partial charge in [0.2, 0.25) is 0 Å². The van der Waals surface area contributed by atoms with Crippen LogP contribution < -0.4 is 5.32 Å². The van der Waals surface area contributed by atoms with Crippen LogP contribution in [0.25, 0.3) is 0 Å². The van der Waals surface area contributed by atoms with E-state index < -0.39 is 0 Å². The van der Waals surface area contributed by atoms with Crippen LogP contribution >= 0.6 is 11.8 Å². The minimum absolute atomic E-state index is 0.131. The Balaban J connectivity index is 2.60. The number of hydrogen-bond donors (Lipinski definition) is 1. The lowest BCUT2D eigenvalue weighted by Gasteiger charge is -2.17. The van der Waals surface area contributed by atoms with Gasteiger partial charge in [-0.15, -0.1) is 0 Å². The molecule has 1 nitrogen and oxygen atoms in total. The zero-order valence-electron chi connectivity index (χ0n) is 10.7. The summed E-state index contributed by atoms with van der Waals surface area (Å²) in [4.78, 5) is 0. The summed E-state index contributed by atoms with van der Waals surface area (Å²) in [5.74, 6) is 1.48. The van der Waals surface area contributed by atoms with Gasteiger partial charge >= 0.3 is 0 Å². The molecule has 0 bridgehead atoms. The van der Waals surface area contributed by atoms with Crippen molar-refractivity contribution < 1.29 is 4.39 Å². The second-order valence-electron chi connectivity index (χ2n) is 4.19. The van der Waals surface area contributed by atoms with Crippen LogP contribution in [-0.2, 0) is 0 Å². The molecule has 0 aromatic heterocycles. The first-order valence-electron chi connectivity index (χ1n) is 6.23. The van der Waals surface area contributed by atoms with Gasteiger partial charge in [-0.3, -0.25) is 0 Å². The zero-order valence-corrected chi connectivity index (χ0v) is 11.5. The predicted octanol–water partition coefficient (Wildman–Crippen LogP) is 3.66. The Kier molecular flexibility index (Phi) is 7.29. The van der Waals surface area contributed by atoms with Gasteiger partial charge < -0.3 is 5.32 Å². The van der Waals surface area contributed by atoms with Crippen molar-refractivity contribution in [2.75, 3.05) is 25.1 Å². The van der Waals surface area contributed by atoms with E-state index in [0.717, 1.165) is 25.1 Å². The van der Waals surface area contributed by atoms with Crippen LogP contribution in [0.1, 0.15) is 31.2 Å². The lowest BCUT2D eigenvalue weighted by molar-refractivity contribution is 0.551. The quantitative estimate of drug-likeness (QED) is 0.711. The molecule has 0 heterocycles. The van der Waals surface area contributed by atoms with Crippen molar-refractivity contribution in [1.82, 2.24) is 5.32 Å². The lowest BCUT2D eigenvalue weighted by atomic mass is 9.94.